The second-order valence-electron chi connectivity index (χ2n) is 7.64. The van der Waals surface area contributed by atoms with Crippen molar-refractivity contribution in [3.05, 3.63) is 12.2 Å². The summed E-state index contributed by atoms with van der Waals surface area (Å²) >= 11 is 0. The molecule has 6 heteroatoms. The Kier molecular flexibility index (Phi) is 6.58. The summed E-state index contributed by atoms with van der Waals surface area (Å²) < 4.78 is 10.4. The second kappa shape index (κ2) is 7.01. The molecule has 23 heavy (non-hydrogen) atoms. The van der Waals surface area contributed by atoms with Gasteiger partial charge in [-0.25, -0.2) is 4.79 Å². The molecule has 0 heterocycles. The molecule has 0 aliphatic heterocycles. The van der Waals surface area contributed by atoms with E-state index in [-0.39, 0.29) is 6.42 Å². The highest BCUT2D eigenvalue weighted by Crippen LogP contribution is 2.26. The van der Waals surface area contributed by atoms with Gasteiger partial charge in [0.2, 0.25) is 0 Å². The number of carbonyl (C=O) groups excluding carboxylic acids is 2. The van der Waals surface area contributed by atoms with Crippen molar-refractivity contribution >= 4 is 11.9 Å². The van der Waals surface area contributed by atoms with E-state index in [1.54, 1.807) is 55.4 Å². The van der Waals surface area contributed by atoms with Crippen LogP contribution in [0.15, 0.2) is 12.2 Å². The van der Waals surface area contributed by atoms with Gasteiger partial charge >= 0.3 is 11.9 Å². The Balaban J connectivity index is 4.56. The van der Waals surface area contributed by atoms with Gasteiger partial charge in [-0.05, 0) is 55.4 Å². The molecule has 0 unspecified atom stereocenters. The van der Waals surface area contributed by atoms with Crippen LogP contribution in [0.2, 0.25) is 0 Å². The fourth-order valence-electron chi connectivity index (χ4n) is 1.11. The van der Waals surface area contributed by atoms with Crippen molar-refractivity contribution in [2.24, 2.45) is 0 Å². The van der Waals surface area contributed by atoms with Gasteiger partial charge in [-0.15, -0.1) is 0 Å². The molecule has 0 aliphatic carbocycles. The molecular formula is C17H30O6. The zero-order valence-electron chi connectivity index (χ0n) is 15.4. The Morgan fingerprint density at radius 3 is 1.61 bits per heavy atom. The maximum atomic E-state index is 11.8. The number of rotatable bonds is 7. The molecule has 0 bridgehead atoms. The van der Waals surface area contributed by atoms with E-state index in [1.807, 2.05) is 0 Å². The van der Waals surface area contributed by atoms with Crippen LogP contribution >= 0.6 is 0 Å². The first-order valence-corrected chi connectivity index (χ1v) is 7.56. The number of ether oxygens (including phenoxy) is 2. The van der Waals surface area contributed by atoms with Crippen molar-refractivity contribution < 1.29 is 29.3 Å². The lowest BCUT2D eigenvalue weighted by Gasteiger charge is -2.36. The zero-order valence-corrected chi connectivity index (χ0v) is 15.4. The maximum absolute atomic E-state index is 11.8. The fourth-order valence-corrected chi connectivity index (χ4v) is 1.11. The first-order chi connectivity index (χ1) is 9.99. The Hall–Kier alpha value is -1.40. The van der Waals surface area contributed by atoms with Gasteiger partial charge in [-0.3, -0.25) is 4.79 Å². The summed E-state index contributed by atoms with van der Waals surface area (Å²) in [6.45, 7) is 12.6. The van der Waals surface area contributed by atoms with Crippen LogP contribution in [0, 0.1) is 0 Å². The summed E-state index contributed by atoms with van der Waals surface area (Å²) in [7, 11) is 0. The second-order valence-corrected chi connectivity index (χ2v) is 7.64. The van der Waals surface area contributed by atoms with E-state index in [4.69, 9.17) is 9.47 Å². The summed E-state index contributed by atoms with van der Waals surface area (Å²) in [6.07, 6.45) is 2.31. The molecule has 0 fully saturated rings. The first kappa shape index (κ1) is 21.6. The number of esters is 2. The van der Waals surface area contributed by atoms with Gasteiger partial charge < -0.3 is 19.7 Å². The Bertz CT molecular complexity index is 460. The molecular weight excluding hydrogens is 300 g/mol. The van der Waals surface area contributed by atoms with E-state index in [1.165, 1.54) is 6.08 Å². The Morgan fingerprint density at radius 1 is 0.826 bits per heavy atom. The van der Waals surface area contributed by atoms with Crippen LogP contribution < -0.4 is 0 Å². The van der Waals surface area contributed by atoms with Crippen molar-refractivity contribution in [2.45, 2.75) is 84.2 Å². The van der Waals surface area contributed by atoms with Crippen molar-refractivity contribution in [1.29, 1.82) is 0 Å². The van der Waals surface area contributed by atoms with Gasteiger partial charge in [0.05, 0.1) is 17.6 Å². The minimum atomic E-state index is -1.20. The maximum Gasteiger partial charge on any atom is 0.331 e. The van der Waals surface area contributed by atoms with Crippen LogP contribution in [-0.4, -0.2) is 44.6 Å². The van der Waals surface area contributed by atoms with Crippen LogP contribution in [0.3, 0.4) is 0 Å². The number of hydrogen-bond donors (Lipinski definition) is 2. The highest BCUT2D eigenvalue weighted by molar-refractivity contribution is 5.83. The minimum Gasteiger partial charge on any atom is -0.456 e. The molecule has 0 saturated heterocycles. The SMILES string of the molecule is CC(C)(O)C(C)(C)OC(=O)C=CCC(=O)OC(C)(C)C(C)(C)O. The quantitative estimate of drug-likeness (QED) is 0.548. The van der Waals surface area contributed by atoms with E-state index < -0.39 is 34.3 Å². The molecule has 134 valence electrons. The Morgan fingerprint density at radius 2 is 1.22 bits per heavy atom. The van der Waals surface area contributed by atoms with Gasteiger partial charge in [-0.2, -0.15) is 0 Å². The van der Waals surface area contributed by atoms with Gasteiger partial charge in [0.15, 0.2) is 0 Å². The smallest absolute Gasteiger partial charge is 0.331 e. The monoisotopic (exact) mass is 330 g/mol. The fraction of sp³-hybridized carbons (Fsp3) is 0.765. The zero-order chi connectivity index (χ0) is 18.7. The minimum absolute atomic E-state index is 0.127. The molecule has 0 rings (SSSR count). The molecule has 0 saturated carbocycles. The van der Waals surface area contributed by atoms with E-state index >= 15 is 0 Å². The third-order valence-electron chi connectivity index (χ3n) is 4.21. The summed E-state index contributed by atoms with van der Waals surface area (Å²) in [5.41, 5.74) is -4.52. The van der Waals surface area contributed by atoms with Gasteiger partial charge in [0.1, 0.15) is 11.2 Å². The number of aliphatic hydroxyl groups is 2. The van der Waals surface area contributed by atoms with Gasteiger partial charge in [0, 0.05) is 6.08 Å². The summed E-state index contributed by atoms with van der Waals surface area (Å²) in [6, 6.07) is 0. The number of hydrogen-bond acceptors (Lipinski definition) is 6. The normalized spacial score (nSPS) is 14.0. The largest absolute Gasteiger partial charge is 0.456 e. The molecule has 6 nitrogen and oxygen atoms in total. The lowest BCUT2D eigenvalue weighted by atomic mass is 9.89. The van der Waals surface area contributed by atoms with Crippen LogP contribution in [-0.2, 0) is 19.1 Å². The average Bonchev–Trinajstić information content (AvgIpc) is 2.23. The molecule has 0 atom stereocenters. The van der Waals surface area contributed by atoms with E-state index in [9.17, 15) is 19.8 Å². The average molecular weight is 330 g/mol. The molecule has 0 spiro atoms. The van der Waals surface area contributed by atoms with E-state index in [0.717, 1.165) is 6.08 Å². The summed E-state index contributed by atoms with van der Waals surface area (Å²) in [4.78, 5) is 23.5. The third kappa shape index (κ3) is 6.71. The van der Waals surface area contributed by atoms with Gasteiger partial charge in [-0.1, -0.05) is 6.08 Å². The van der Waals surface area contributed by atoms with Gasteiger partial charge in [0.25, 0.3) is 0 Å². The summed E-state index contributed by atoms with van der Waals surface area (Å²) in [5.74, 6) is -1.23. The topological polar surface area (TPSA) is 93.1 Å². The first-order valence-electron chi connectivity index (χ1n) is 7.56. The molecule has 0 aromatic carbocycles. The Labute approximate surface area is 138 Å². The van der Waals surface area contributed by atoms with Crippen LogP contribution in [0.5, 0.6) is 0 Å². The lowest BCUT2D eigenvalue weighted by molar-refractivity contribution is -0.179. The lowest BCUT2D eigenvalue weighted by Crippen LogP contribution is -2.48. The van der Waals surface area contributed by atoms with Crippen molar-refractivity contribution in [2.75, 3.05) is 0 Å². The van der Waals surface area contributed by atoms with Crippen LogP contribution in [0.4, 0.5) is 0 Å². The van der Waals surface area contributed by atoms with Crippen molar-refractivity contribution in [3.63, 3.8) is 0 Å². The molecule has 0 aromatic heterocycles. The predicted molar refractivity (Wildman–Crippen MR) is 86.7 cm³/mol. The van der Waals surface area contributed by atoms with Crippen molar-refractivity contribution in [1.82, 2.24) is 0 Å². The summed E-state index contributed by atoms with van der Waals surface area (Å²) in [5, 5.41) is 19.8. The highest BCUT2D eigenvalue weighted by atomic mass is 16.6. The van der Waals surface area contributed by atoms with Crippen LogP contribution in [0.1, 0.15) is 61.8 Å². The standard InChI is InChI=1S/C17H30O6/c1-14(2,20)16(5,6)22-12(18)10-9-11-13(19)23-17(7,8)15(3,4)21/h9-10,20-21H,11H2,1-8H3. The molecule has 0 radical (unpaired) electrons. The molecule has 0 aliphatic rings. The molecule has 0 aromatic rings. The molecule has 2 N–H and O–H groups in total. The van der Waals surface area contributed by atoms with E-state index in [2.05, 4.69) is 0 Å². The van der Waals surface area contributed by atoms with Crippen LogP contribution in [0.25, 0.3) is 0 Å². The van der Waals surface area contributed by atoms with E-state index in [0.29, 0.717) is 0 Å². The van der Waals surface area contributed by atoms with Crippen molar-refractivity contribution in [3.8, 4) is 0 Å². The number of carbonyl (C=O) groups is 2. The molecule has 0 amide bonds. The highest BCUT2D eigenvalue weighted by Gasteiger charge is 2.39. The predicted octanol–water partition coefficient (Wildman–Crippen LogP) is 2.12. The third-order valence-corrected chi connectivity index (χ3v) is 4.21.